The van der Waals surface area contributed by atoms with Crippen LogP contribution in [0.4, 0.5) is 0 Å². The molecule has 0 amide bonds. The fourth-order valence-corrected chi connectivity index (χ4v) is 3.85. The highest BCUT2D eigenvalue weighted by Crippen LogP contribution is 2.21. The van der Waals surface area contributed by atoms with E-state index in [-0.39, 0.29) is 6.54 Å². The number of sulfonamides is 1. The third kappa shape index (κ3) is 3.87. The smallest absolute Gasteiger partial charge is 0.250 e. The number of hydrogen-bond acceptors (Lipinski definition) is 6. The van der Waals surface area contributed by atoms with E-state index >= 15 is 0 Å². The Morgan fingerprint density at radius 3 is 2.89 bits per heavy atom. The van der Waals surface area contributed by atoms with Gasteiger partial charge in [-0.1, -0.05) is 5.16 Å². The van der Waals surface area contributed by atoms with Gasteiger partial charge in [-0.05, 0) is 32.1 Å². The molecule has 0 spiro atoms. The lowest BCUT2D eigenvalue weighted by atomic mass is 10.3. The minimum atomic E-state index is -3.47. The van der Waals surface area contributed by atoms with Gasteiger partial charge in [0.25, 0.3) is 0 Å². The average Bonchev–Trinajstić information content (AvgIpc) is 3.05. The average molecular weight is 301 g/mol. The van der Waals surface area contributed by atoms with Crippen molar-refractivity contribution < 1.29 is 12.9 Å². The van der Waals surface area contributed by atoms with E-state index in [1.807, 2.05) is 13.1 Å². The standard InChI is InChI=1S/C11H15N3O3S2/c1-12-6-4-10-2-3-11(18-10)19(15,16)13-8-9-5-7-17-14-9/h2-3,5,7,12-13H,4,6,8H2,1H3. The highest BCUT2D eigenvalue weighted by Gasteiger charge is 2.16. The topological polar surface area (TPSA) is 84.2 Å². The molecule has 2 aromatic rings. The number of aromatic nitrogens is 1. The summed E-state index contributed by atoms with van der Waals surface area (Å²) in [6.07, 6.45) is 2.23. The van der Waals surface area contributed by atoms with Crippen LogP contribution in [0.15, 0.2) is 33.2 Å². The molecule has 2 rings (SSSR count). The van der Waals surface area contributed by atoms with Crippen LogP contribution in [0.2, 0.25) is 0 Å². The molecule has 2 aromatic heterocycles. The first-order valence-electron chi connectivity index (χ1n) is 5.74. The molecule has 0 aliphatic heterocycles. The van der Waals surface area contributed by atoms with Crippen LogP contribution in [-0.2, 0) is 23.0 Å². The number of nitrogens with one attached hydrogen (secondary N) is 2. The number of thiophene rings is 1. The van der Waals surface area contributed by atoms with Gasteiger partial charge in [0, 0.05) is 10.9 Å². The van der Waals surface area contributed by atoms with E-state index in [2.05, 4.69) is 19.7 Å². The highest BCUT2D eigenvalue weighted by atomic mass is 32.2. The number of likely N-dealkylation sites (N-methyl/N-ethyl adjacent to an activating group) is 1. The lowest BCUT2D eigenvalue weighted by Crippen LogP contribution is -2.22. The van der Waals surface area contributed by atoms with Crippen LogP contribution < -0.4 is 10.0 Å². The quantitative estimate of drug-likeness (QED) is 0.796. The molecule has 0 atom stereocenters. The zero-order valence-corrected chi connectivity index (χ0v) is 12.1. The van der Waals surface area contributed by atoms with E-state index in [1.54, 1.807) is 12.1 Å². The summed E-state index contributed by atoms with van der Waals surface area (Å²) in [7, 11) is -1.61. The molecule has 0 aromatic carbocycles. The van der Waals surface area contributed by atoms with Crippen LogP contribution in [0.3, 0.4) is 0 Å². The molecular formula is C11H15N3O3S2. The molecule has 0 bridgehead atoms. The summed E-state index contributed by atoms with van der Waals surface area (Å²) in [6, 6.07) is 5.09. The third-order valence-corrected chi connectivity index (χ3v) is 5.50. The van der Waals surface area contributed by atoms with Gasteiger partial charge in [0.05, 0.1) is 12.2 Å². The van der Waals surface area contributed by atoms with Crippen LogP contribution in [0.25, 0.3) is 0 Å². The summed E-state index contributed by atoms with van der Waals surface area (Å²) in [6.45, 7) is 0.953. The lowest BCUT2D eigenvalue weighted by molar-refractivity contribution is 0.411. The summed E-state index contributed by atoms with van der Waals surface area (Å²) in [5.74, 6) is 0. The van der Waals surface area contributed by atoms with Crippen molar-refractivity contribution in [2.24, 2.45) is 0 Å². The van der Waals surface area contributed by atoms with Crippen LogP contribution in [0.1, 0.15) is 10.6 Å². The van der Waals surface area contributed by atoms with Crippen molar-refractivity contribution >= 4 is 21.4 Å². The Hall–Kier alpha value is -1.22. The summed E-state index contributed by atoms with van der Waals surface area (Å²) >= 11 is 1.28. The van der Waals surface area contributed by atoms with Gasteiger partial charge in [0.15, 0.2) is 0 Å². The summed E-state index contributed by atoms with van der Waals surface area (Å²) in [4.78, 5) is 1.04. The molecule has 0 fully saturated rings. The first-order chi connectivity index (χ1) is 9.12. The molecular weight excluding hydrogens is 286 g/mol. The van der Waals surface area contributed by atoms with Crippen LogP contribution in [-0.4, -0.2) is 27.2 Å². The van der Waals surface area contributed by atoms with E-state index in [0.29, 0.717) is 9.90 Å². The fourth-order valence-electron chi connectivity index (χ4n) is 1.45. The second-order valence-electron chi connectivity index (χ2n) is 3.89. The lowest BCUT2D eigenvalue weighted by Gasteiger charge is -2.01. The monoisotopic (exact) mass is 301 g/mol. The molecule has 6 nitrogen and oxygen atoms in total. The van der Waals surface area contributed by atoms with Crippen molar-refractivity contribution in [3.05, 3.63) is 35.0 Å². The predicted molar refractivity (Wildman–Crippen MR) is 72.5 cm³/mol. The molecule has 19 heavy (non-hydrogen) atoms. The second kappa shape index (κ2) is 6.29. The molecule has 8 heteroatoms. The van der Waals surface area contributed by atoms with Gasteiger partial charge in [-0.25, -0.2) is 13.1 Å². The fraction of sp³-hybridized carbons (Fsp3) is 0.364. The summed E-state index contributed by atoms with van der Waals surface area (Å²) < 4.78 is 31.5. The Kier molecular flexibility index (Phi) is 4.70. The van der Waals surface area contributed by atoms with Gasteiger partial charge in [-0.15, -0.1) is 11.3 Å². The van der Waals surface area contributed by atoms with E-state index < -0.39 is 10.0 Å². The Bertz CT molecular complexity index is 605. The van der Waals surface area contributed by atoms with Gasteiger partial charge in [0.1, 0.15) is 10.5 Å². The molecule has 0 saturated carbocycles. The maximum atomic E-state index is 12.0. The van der Waals surface area contributed by atoms with Crippen LogP contribution in [0, 0.1) is 0 Å². The van der Waals surface area contributed by atoms with E-state index in [4.69, 9.17) is 0 Å². The van der Waals surface area contributed by atoms with Gasteiger partial charge in [-0.3, -0.25) is 0 Å². The normalized spacial score (nSPS) is 11.8. The molecule has 0 aliphatic carbocycles. The molecule has 2 heterocycles. The summed E-state index contributed by atoms with van der Waals surface area (Å²) in [5.41, 5.74) is 0.551. The zero-order chi connectivity index (χ0) is 13.7. The van der Waals surface area contributed by atoms with E-state index in [9.17, 15) is 8.42 Å². The molecule has 2 N–H and O–H groups in total. The van der Waals surface area contributed by atoms with Gasteiger partial charge in [-0.2, -0.15) is 0 Å². The first-order valence-corrected chi connectivity index (χ1v) is 8.04. The maximum Gasteiger partial charge on any atom is 0.250 e. The second-order valence-corrected chi connectivity index (χ2v) is 7.05. The SMILES string of the molecule is CNCCc1ccc(S(=O)(=O)NCc2ccon2)s1. The van der Waals surface area contributed by atoms with Crippen molar-refractivity contribution in [3.63, 3.8) is 0 Å². The Labute approximate surface area is 115 Å². The van der Waals surface area contributed by atoms with E-state index in [1.165, 1.54) is 17.6 Å². The Morgan fingerprint density at radius 1 is 1.37 bits per heavy atom. The first kappa shape index (κ1) is 14.2. The van der Waals surface area contributed by atoms with Gasteiger partial charge in [0.2, 0.25) is 10.0 Å². The van der Waals surface area contributed by atoms with E-state index in [0.717, 1.165) is 17.8 Å². The minimum Gasteiger partial charge on any atom is -0.364 e. The number of nitrogens with zero attached hydrogens (tertiary/aromatic N) is 1. The maximum absolute atomic E-state index is 12.0. The predicted octanol–water partition coefficient (Wildman–Crippen LogP) is 0.977. The molecule has 0 unspecified atom stereocenters. The minimum absolute atomic E-state index is 0.128. The number of hydrogen-bond donors (Lipinski definition) is 2. The largest absolute Gasteiger partial charge is 0.364 e. The van der Waals surface area contributed by atoms with Crippen LogP contribution >= 0.6 is 11.3 Å². The van der Waals surface area contributed by atoms with Crippen molar-refractivity contribution in [3.8, 4) is 0 Å². The zero-order valence-electron chi connectivity index (χ0n) is 10.4. The van der Waals surface area contributed by atoms with Crippen molar-refractivity contribution in [2.75, 3.05) is 13.6 Å². The molecule has 104 valence electrons. The molecule has 0 aliphatic rings. The summed E-state index contributed by atoms with van der Waals surface area (Å²) in [5, 5.41) is 6.68. The van der Waals surface area contributed by atoms with Crippen LogP contribution in [0.5, 0.6) is 0 Å². The molecule has 0 radical (unpaired) electrons. The van der Waals surface area contributed by atoms with Gasteiger partial charge >= 0.3 is 0 Å². The third-order valence-electron chi connectivity index (χ3n) is 2.46. The Balaban J connectivity index is 2.00. The van der Waals surface area contributed by atoms with Crippen molar-refractivity contribution in [1.82, 2.24) is 15.2 Å². The highest BCUT2D eigenvalue weighted by molar-refractivity contribution is 7.91. The molecule has 0 saturated heterocycles. The van der Waals surface area contributed by atoms with Gasteiger partial charge < -0.3 is 9.84 Å². The van der Waals surface area contributed by atoms with Crippen molar-refractivity contribution in [2.45, 2.75) is 17.2 Å². The van der Waals surface area contributed by atoms with Crippen molar-refractivity contribution in [1.29, 1.82) is 0 Å². The Morgan fingerprint density at radius 2 is 2.21 bits per heavy atom. The number of rotatable bonds is 7.